The molecule has 3 aromatic rings. The van der Waals surface area contributed by atoms with Gasteiger partial charge in [0.05, 0.1) is 5.56 Å². The molecule has 0 aliphatic rings. The van der Waals surface area contributed by atoms with Crippen LogP contribution in [0.5, 0.6) is 0 Å². The molecule has 0 fully saturated rings. The van der Waals surface area contributed by atoms with Crippen LogP contribution in [0.2, 0.25) is 0 Å². The molecule has 1 unspecified atom stereocenters. The first-order chi connectivity index (χ1) is 18.0. The van der Waals surface area contributed by atoms with Gasteiger partial charge in [0.2, 0.25) is 0 Å². The van der Waals surface area contributed by atoms with Crippen molar-refractivity contribution in [2.24, 2.45) is 5.73 Å². The lowest BCUT2D eigenvalue weighted by Gasteiger charge is -2.19. The van der Waals surface area contributed by atoms with Gasteiger partial charge in [0.15, 0.2) is 0 Å². The average molecular weight is 528 g/mol. The predicted octanol–water partition coefficient (Wildman–Crippen LogP) is 5.31. The van der Waals surface area contributed by atoms with E-state index in [4.69, 9.17) is 5.73 Å². The second-order valence-corrected chi connectivity index (χ2v) is 8.48. The lowest BCUT2D eigenvalue weighted by atomic mass is 9.88. The van der Waals surface area contributed by atoms with Gasteiger partial charge < -0.3 is 11.1 Å². The van der Waals surface area contributed by atoms with Crippen molar-refractivity contribution in [1.82, 2.24) is 10.4 Å². The maximum atomic E-state index is 13.5. The van der Waals surface area contributed by atoms with Gasteiger partial charge in [0.25, 0.3) is 5.91 Å². The first-order valence-corrected chi connectivity index (χ1v) is 11.6. The number of hydrogen-bond acceptors (Lipinski definition) is 3. The van der Waals surface area contributed by atoms with Gasteiger partial charge in [-0.05, 0) is 66.9 Å². The van der Waals surface area contributed by atoms with Crippen LogP contribution < -0.4 is 11.1 Å². The van der Waals surface area contributed by atoms with E-state index in [0.29, 0.717) is 28.7 Å². The van der Waals surface area contributed by atoms with Crippen molar-refractivity contribution >= 4 is 11.9 Å². The van der Waals surface area contributed by atoms with Crippen LogP contribution in [0.3, 0.4) is 0 Å². The van der Waals surface area contributed by atoms with Crippen LogP contribution in [-0.2, 0) is 6.18 Å². The summed E-state index contributed by atoms with van der Waals surface area (Å²) in [6.45, 7) is 1.66. The Morgan fingerprint density at radius 3 is 2.21 bits per heavy atom. The number of nitrogens with one attached hydrogen (secondary N) is 1. The van der Waals surface area contributed by atoms with Crippen molar-refractivity contribution in [2.45, 2.75) is 31.5 Å². The minimum absolute atomic E-state index is 0.187. The Bertz CT molecular complexity index is 1330. The van der Waals surface area contributed by atoms with Gasteiger partial charge in [0, 0.05) is 23.6 Å². The Hall–Kier alpha value is -4.36. The van der Waals surface area contributed by atoms with Crippen molar-refractivity contribution in [1.29, 1.82) is 0 Å². The number of halogens is 4. The van der Waals surface area contributed by atoms with Gasteiger partial charge >= 0.3 is 12.2 Å². The molecule has 0 bridgehead atoms. The summed E-state index contributed by atoms with van der Waals surface area (Å²) >= 11 is 0. The van der Waals surface area contributed by atoms with Gasteiger partial charge in [-0.25, -0.2) is 9.18 Å². The van der Waals surface area contributed by atoms with E-state index >= 15 is 0 Å². The summed E-state index contributed by atoms with van der Waals surface area (Å²) < 4.78 is 52.4. The zero-order chi connectivity index (χ0) is 27.9. The van der Waals surface area contributed by atoms with Crippen molar-refractivity contribution in [3.8, 4) is 11.8 Å². The standard InChI is InChI=1S/C28H25F4N3O3/c1-18(35(38)27(33)37)5-6-19-3-2-4-22(17-19)26(36)34-16-15-25(21-9-13-24(29)14-10-21)20-7-11-23(12-8-20)28(30,31)32/h2-4,7-14,17-18,25,38H,15-16H2,1H3,(H2,33,37)(H,34,36)/t18-,25?/m1/s1. The van der Waals surface area contributed by atoms with E-state index in [0.717, 1.165) is 12.1 Å². The third kappa shape index (κ3) is 7.57. The van der Waals surface area contributed by atoms with Crippen molar-refractivity contribution in [3.63, 3.8) is 0 Å². The van der Waals surface area contributed by atoms with Crippen LogP contribution in [0, 0.1) is 17.7 Å². The molecule has 0 spiro atoms. The fourth-order valence-corrected chi connectivity index (χ4v) is 3.74. The quantitative estimate of drug-likeness (QED) is 0.168. The second kappa shape index (κ2) is 12.3. The minimum atomic E-state index is -4.46. The molecule has 10 heteroatoms. The normalized spacial score (nSPS) is 12.6. The fourth-order valence-electron chi connectivity index (χ4n) is 3.74. The number of hydrogen-bond donors (Lipinski definition) is 3. The maximum Gasteiger partial charge on any atom is 0.416 e. The number of nitrogens with zero attached hydrogens (tertiary/aromatic N) is 1. The third-order valence-corrected chi connectivity index (χ3v) is 5.77. The number of amides is 3. The first kappa shape index (κ1) is 28.2. The topological polar surface area (TPSA) is 95.7 Å². The molecule has 6 nitrogen and oxygen atoms in total. The third-order valence-electron chi connectivity index (χ3n) is 5.77. The summed E-state index contributed by atoms with van der Waals surface area (Å²) in [5.74, 6) is 4.20. The number of carbonyl (C=O) groups excluding carboxylic acids is 2. The average Bonchev–Trinajstić information content (AvgIpc) is 2.89. The van der Waals surface area contributed by atoms with Crippen molar-refractivity contribution < 1.29 is 32.4 Å². The molecule has 0 aliphatic heterocycles. The Morgan fingerprint density at radius 1 is 1.03 bits per heavy atom. The largest absolute Gasteiger partial charge is 0.416 e. The Balaban J connectivity index is 1.71. The van der Waals surface area contributed by atoms with E-state index in [2.05, 4.69) is 17.2 Å². The molecule has 3 rings (SSSR count). The zero-order valence-electron chi connectivity index (χ0n) is 20.3. The second-order valence-electron chi connectivity index (χ2n) is 8.48. The number of rotatable bonds is 7. The number of nitrogens with two attached hydrogens (primary N) is 1. The van der Waals surface area contributed by atoms with Crippen LogP contribution >= 0.6 is 0 Å². The lowest BCUT2D eigenvalue weighted by Crippen LogP contribution is -2.38. The molecule has 198 valence electrons. The SMILES string of the molecule is C[C@H](C#Cc1cccc(C(=O)NCCC(c2ccc(F)cc2)c2ccc(C(F)(F)F)cc2)c1)N(O)C(N)=O. The number of carbonyl (C=O) groups is 2. The molecule has 0 radical (unpaired) electrons. The Labute approximate surface area is 217 Å². The Morgan fingerprint density at radius 2 is 1.63 bits per heavy atom. The highest BCUT2D eigenvalue weighted by molar-refractivity contribution is 5.94. The van der Waals surface area contributed by atoms with E-state index in [1.54, 1.807) is 30.3 Å². The number of primary amides is 1. The molecule has 3 aromatic carbocycles. The Kier molecular flexibility index (Phi) is 9.10. The summed E-state index contributed by atoms with van der Waals surface area (Å²) in [7, 11) is 0. The number of alkyl halides is 3. The summed E-state index contributed by atoms with van der Waals surface area (Å²) in [6, 6.07) is 14.9. The highest BCUT2D eigenvalue weighted by Crippen LogP contribution is 2.33. The highest BCUT2D eigenvalue weighted by Gasteiger charge is 2.30. The molecular weight excluding hydrogens is 502 g/mol. The van der Waals surface area contributed by atoms with Gasteiger partial charge in [0.1, 0.15) is 11.9 Å². The van der Waals surface area contributed by atoms with Crippen molar-refractivity contribution in [2.75, 3.05) is 6.54 Å². The first-order valence-electron chi connectivity index (χ1n) is 11.6. The van der Waals surface area contributed by atoms with E-state index < -0.39 is 35.5 Å². The number of benzene rings is 3. The molecule has 0 aromatic heterocycles. The summed E-state index contributed by atoms with van der Waals surface area (Å²) in [5, 5.41) is 12.6. The zero-order valence-corrected chi connectivity index (χ0v) is 20.3. The molecule has 3 amide bonds. The van der Waals surface area contributed by atoms with Crippen LogP contribution in [-0.4, -0.2) is 34.8 Å². The van der Waals surface area contributed by atoms with Gasteiger partial charge in [-0.15, -0.1) is 0 Å². The van der Waals surface area contributed by atoms with Gasteiger partial charge in [-0.1, -0.05) is 42.2 Å². The van der Waals surface area contributed by atoms with E-state index in [9.17, 15) is 32.4 Å². The molecule has 0 saturated heterocycles. The van der Waals surface area contributed by atoms with Crippen LogP contribution in [0.4, 0.5) is 22.4 Å². The van der Waals surface area contributed by atoms with E-state index in [-0.39, 0.29) is 17.5 Å². The molecular formula is C28H25F4N3O3. The molecule has 0 aliphatic carbocycles. The number of urea groups is 1. The van der Waals surface area contributed by atoms with E-state index in [1.807, 2.05) is 0 Å². The smallest absolute Gasteiger partial charge is 0.352 e. The van der Waals surface area contributed by atoms with Crippen molar-refractivity contribution in [3.05, 3.63) is 106 Å². The minimum Gasteiger partial charge on any atom is -0.352 e. The molecule has 38 heavy (non-hydrogen) atoms. The van der Waals surface area contributed by atoms with Gasteiger partial charge in [-0.3, -0.25) is 10.0 Å². The van der Waals surface area contributed by atoms with E-state index in [1.165, 1.54) is 37.3 Å². The van der Waals surface area contributed by atoms with Gasteiger partial charge in [-0.2, -0.15) is 18.2 Å². The molecule has 4 N–H and O–H groups in total. The number of hydroxylamine groups is 2. The summed E-state index contributed by atoms with van der Waals surface area (Å²) in [4.78, 5) is 23.8. The van der Waals surface area contributed by atoms with Crippen LogP contribution in [0.25, 0.3) is 0 Å². The summed E-state index contributed by atoms with van der Waals surface area (Å²) in [5.41, 5.74) is 6.30. The molecule has 0 heterocycles. The fraction of sp³-hybridized carbons (Fsp3) is 0.214. The predicted molar refractivity (Wildman–Crippen MR) is 133 cm³/mol. The lowest BCUT2D eigenvalue weighted by molar-refractivity contribution is -0.137. The highest BCUT2D eigenvalue weighted by atomic mass is 19.4. The van der Waals surface area contributed by atoms with Crippen LogP contribution in [0.1, 0.15) is 51.9 Å². The monoisotopic (exact) mass is 527 g/mol. The van der Waals surface area contributed by atoms with Crippen LogP contribution in [0.15, 0.2) is 72.8 Å². The molecule has 0 saturated carbocycles. The summed E-state index contributed by atoms with van der Waals surface area (Å²) in [6.07, 6.45) is -4.12. The maximum absolute atomic E-state index is 13.5. The molecule has 2 atom stereocenters.